The number of hydrogen-bond donors (Lipinski definition) is 3. The maximum atomic E-state index is 11.0. The minimum Gasteiger partial charge on any atom is -0.480 e. The molecule has 1 atom stereocenters. The van der Waals surface area contributed by atoms with Crippen molar-refractivity contribution in [2.75, 3.05) is 24.5 Å². The SMILES string of the molecule is O=C(O)[C@@H]1CN(c2ncnc3[nH]ccc23)CCN1. The maximum Gasteiger partial charge on any atom is 0.322 e. The molecule has 3 heterocycles. The Morgan fingerprint density at radius 1 is 1.50 bits per heavy atom. The second-order valence-electron chi connectivity index (χ2n) is 4.23. The number of aliphatic carboxylic acids is 1. The van der Waals surface area contributed by atoms with Crippen molar-refractivity contribution in [3.8, 4) is 0 Å². The Morgan fingerprint density at radius 2 is 2.39 bits per heavy atom. The topological polar surface area (TPSA) is 94.1 Å². The van der Waals surface area contributed by atoms with Crippen LogP contribution in [0.4, 0.5) is 5.82 Å². The molecule has 7 heteroatoms. The highest BCUT2D eigenvalue weighted by Gasteiger charge is 2.26. The molecular weight excluding hydrogens is 234 g/mol. The van der Waals surface area contributed by atoms with E-state index < -0.39 is 12.0 Å². The Morgan fingerprint density at radius 3 is 3.22 bits per heavy atom. The summed E-state index contributed by atoms with van der Waals surface area (Å²) in [4.78, 5) is 24.4. The van der Waals surface area contributed by atoms with E-state index in [4.69, 9.17) is 5.11 Å². The van der Waals surface area contributed by atoms with E-state index in [1.165, 1.54) is 6.33 Å². The van der Waals surface area contributed by atoms with Gasteiger partial charge in [-0.2, -0.15) is 0 Å². The Labute approximate surface area is 103 Å². The van der Waals surface area contributed by atoms with Crippen molar-refractivity contribution >= 4 is 22.8 Å². The minimum absolute atomic E-state index is 0.409. The fourth-order valence-electron chi connectivity index (χ4n) is 2.22. The molecule has 3 rings (SSSR count). The van der Waals surface area contributed by atoms with E-state index in [0.717, 1.165) is 23.4 Å². The number of carboxylic acids is 1. The molecule has 1 fully saturated rings. The van der Waals surface area contributed by atoms with Crippen LogP contribution >= 0.6 is 0 Å². The van der Waals surface area contributed by atoms with Crippen LogP contribution in [-0.4, -0.2) is 51.7 Å². The third kappa shape index (κ3) is 1.78. The van der Waals surface area contributed by atoms with Gasteiger partial charge in [0, 0.05) is 25.8 Å². The van der Waals surface area contributed by atoms with Crippen LogP contribution in [-0.2, 0) is 4.79 Å². The van der Waals surface area contributed by atoms with Crippen molar-refractivity contribution in [2.24, 2.45) is 0 Å². The number of aromatic amines is 1. The van der Waals surface area contributed by atoms with Crippen LogP contribution in [0.25, 0.3) is 11.0 Å². The molecule has 0 spiro atoms. The van der Waals surface area contributed by atoms with Crippen molar-refractivity contribution < 1.29 is 9.90 Å². The number of piperazine rings is 1. The molecule has 3 N–H and O–H groups in total. The average molecular weight is 247 g/mol. The quantitative estimate of drug-likeness (QED) is 0.681. The standard InChI is InChI=1S/C11H13N5O2/c17-11(18)8-5-16(4-3-12-8)10-7-1-2-13-9(7)14-6-15-10/h1-2,6,8,12H,3-5H2,(H,17,18)(H,13,14,15)/t8-/m0/s1. The first kappa shape index (κ1) is 11.0. The first-order valence-corrected chi connectivity index (χ1v) is 5.75. The Kier molecular flexibility index (Phi) is 2.60. The number of nitrogens with one attached hydrogen (secondary N) is 2. The number of hydrogen-bond acceptors (Lipinski definition) is 5. The molecule has 2 aromatic rings. The number of fused-ring (bicyclic) bond motifs is 1. The Bertz CT molecular complexity index is 582. The third-order valence-electron chi connectivity index (χ3n) is 3.11. The van der Waals surface area contributed by atoms with Gasteiger partial charge in [-0.05, 0) is 6.07 Å². The largest absolute Gasteiger partial charge is 0.480 e. The molecule has 2 aromatic heterocycles. The van der Waals surface area contributed by atoms with Crippen LogP contribution in [0, 0.1) is 0 Å². The average Bonchev–Trinajstić information content (AvgIpc) is 2.87. The Balaban J connectivity index is 1.94. The predicted octanol–water partition coefficient (Wildman–Crippen LogP) is -0.179. The molecule has 1 aliphatic heterocycles. The first-order chi connectivity index (χ1) is 8.75. The molecule has 7 nitrogen and oxygen atoms in total. The summed E-state index contributed by atoms with van der Waals surface area (Å²) in [6, 6.07) is 1.35. The smallest absolute Gasteiger partial charge is 0.322 e. The maximum absolute atomic E-state index is 11.0. The molecule has 0 radical (unpaired) electrons. The molecule has 0 saturated carbocycles. The lowest BCUT2D eigenvalue weighted by atomic mass is 10.2. The summed E-state index contributed by atoms with van der Waals surface area (Å²) in [5, 5.41) is 12.9. The van der Waals surface area contributed by atoms with Crippen LogP contribution in [0.2, 0.25) is 0 Å². The number of anilines is 1. The third-order valence-corrected chi connectivity index (χ3v) is 3.11. The molecule has 1 saturated heterocycles. The van der Waals surface area contributed by atoms with Gasteiger partial charge in [0.2, 0.25) is 0 Å². The van der Waals surface area contributed by atoms with Gasteiger partial charge in [-0.1, -0.05) is 0 Å². The van der Waals surface area contributed by atoms with Crippen molar-refractivity contribution in [3.05, 3.63) is 18.6 Å². The number of H-pyrrole nitrogens is 1. The van der Waals surface area contributed by atoms with Crippen LogP contribution in [0.1, 0.15) is 0 Å². The highest BCUT2D eigenvalue weighted by Crippen LogP contribution is 2.22. The van der Waals surface area contributed by atoms with Gasteiger partial charge >= 0.3 is 5.97 Å². The summed E-state index contributed by atoms with van der Waals surface area (Å²) < 4.78 is 0. The fraction of sp³-hybridized carbons (Fsp3) is 0.364. The first-order valence-electron chi connectivity index (χ1n) is 5.75. The fourth-order valence-corrected chi connectivity index (χ4v) is 2.22. The molecule has 0 amide bonds. The zero-order chi connectivity index (χ0) is 12.5. The lowest BCUT2D eigenvalue weighted by molar-refractivity contribution is -0.139. The number of carbonyl (C=O) groups is 1. The van der Waals surface area contributed by atoms with Gasteiger partial charge in [0.15, 0.2) is 0 Å². The summed E-state index contributed by atoms with van der Waals surface area (Å²) in [7, 11) is 0. The van der Waals surface area contributed by atoms with Crippen LogP contribution < -0.4 is 10.2 Å². The Hall–Kier alpha value is -2.15. The van der Waals surface area contributed by atoms with E-state index in [2.05, 4.69) is 20.3 Å². The van der Waals surface area contributed by atoms with Gasteiger partial charge in [-0.25, -0.2) is 9.97 Å². The van der Waals surface area contributed by atoms with Gasteiger partial charge in [-0.15, -0.1) is 0 Å². The van der Waals surface area contributed by atoms with Crippen molar-refractivity contribution in [1.29, 1.82) is 0 Å². The monoisotopic (exact) mass is 247 g/mol. The molecule has 0 aromatic carbocycles. The van der Waals surface area contributed by atoms with Gasteiger partial charge in [-0.3, -0.25) is 4.79 Å². The number of rotatable bonds is 2. The zero-order valence-electron chi connectivity index (χ0n) is 9.63. The van der Waals surface area contributed by atoms with Crippen LogP contribution in [0.3, 0.4) is 0 Å². The number of nitrogens with zero attached hydrogens (tertiary/aromatic N) is 3. The van der Waals surface area contributed by atoms with Crippen molar-refractivity contribution in [1.82, 2.24) is 20.3 Å². The number of carboxylic acid groups (broad SMARTS) is 1. The molecule has 94 valence electrons. The molecule has 0 unspecified atom stereocenters. The van der Waals surface area contributed by atoms with E-state index in [-0.39, 0.29) is 0 Å². The van der Waals surface area contributed by atoms with Gasteiger partial charge in [0.05, 0.1) is 5.39 Å². The normalized spacial score (nSPS) is 20.2. The van der Waals surface area contributed by atoms with Crippen molar-refractivity contribution in [2.45, 2.75) is 6.04 Å². The molecular formula is C11H13N5O2. The molecule has 1 aliphatic rings. The van der Waals surface area contributed by atoms with Gasteiger partial charge < -0.3 is 20.3 Å². The van der Waals surface area contributed by atoms with Gasteiger partial charge in [0.25, 0.3) is 0 Å². The second-order valence-corrected chi connectivity index (χ2v) is 4.23. The van der Waals surface area contributed by atoms with E-state index >= 15 is 0 Å². The van der Waals surface area contributed by atoms with Crippen LogP contribution in [0.5, 0.6) is 0 Å². The summed E-state index contributed by atoms with van der Waals surface area (Å²) in [5.74, 6) is -0.0481. The van der Waals surface area contributed by atoms with Gasteiger partial charge in [0.1, 0.15) is 23.8 Å². The zero-order valence-corrected chi connectivity index (χ0v) is 9.63. The van der Waals surface area contributed by atoms with Crippen molar-refractivity contribution in [3.63, 3.8) is 0 Å². The highest BCUT2D eigenvalue weighted by molar-refractivity contribution is 5.87. The predicted molar refractivity (Wildman–Crippen MR) is 65.5 cm³/mol. The second kappa shape index (κ2) is 4.26. The lowest BCUT2D eigenvalue weighted by Gasteiger charge is -2.32. The number of aromatic nitrogens is 3. The summed E-state index contributed by atoms with van der Waals surface area (Å²) >= 11 is 0. The van der Waals surface area contributed by atoms with E-state index in [0.29, 0.717) is 13.1 Å². The summed E-state index contributed by atoms with van der Waals surface area (Å²) in [5.41, 5.74) is 0.769. The summed E-state index contributed by atoms with van der Waals surface area (Å²) in [6.07, 6.45) is 3.30. The molecule has 0 bridgehead atoms. The van der Waals surface area contributed by atoms with Crippen LogP contribution in [0.15, 0.2) is 18.6 Å². The summed E-state index contributed by atoms with van der Waals surface area (Å²) in [6.45, 7) is 1.78. The lowest BCUT2D eigenvalue weighted by Crippen LogP contribution is -2.54. The van der Waals surface area contributed by atoms with E-state index in [9.17, 15) is 4.79 Å². The van der Waals surface area contributed by atoms with E-state index in [1.807, 2.05) is 11.0 Å². The molecule has 18 heavy (non-hydrogen) atoms. The van der Waals surface area contributed by atoms with E-state index in [1.54, 1.807) is 6.20 Å². The highest BCUT2D eigenvalue weighted by atomic mass is 16.4. The molecule has 0 aliphatic carbocycles. The minimum atomic E-state index is -0.834.